The van der Waals surface area contributed by atoms with Crippen LogP contribution in [0.1, 0.15) is 0 Å². The van der Waals surface area contributed by atoms with Crippen molar-refractivity contribution in [1.29, 1.82) is 0 Å². The molecular formula is C14H15Cl2N5O2. The molecule has 9 heteroatoms. The normalized spacial score (nSPS) is 14.7. The SMILES string of the molecule is COc1ccc(Cl)cc1Nc1nc(Cl)nc(N2CCOCC2)n1. The Morgan fingerprint density at radius 1 is 1.17 bits per heavy atom. The van der Waals surface area contributed by atoms with Crippen molar-refractivity contribution in [3.63, 3.8) is 0 Å². The second-order valence-electron chi connectivity index (χ2n) is 4.80. The number of morpholine rings is 1. The molecule has 1 fully saturated rings. The monoisotopic (exact) mass is 355 g/mol. The minimum atomic E-state index is 0.116. The van der Waals surface area contributed by atoms with Crippen LogP contribution in [0.2, 0.25) is 10.3 Å². The fourth-order valence-corrected chi connectivity index (χ4v) is 2.53. The Kier molecular flexibility index (Phi) is 5.00. The van der Waals surface area contributed by atoms with Crippen molar-refractivity contribution >= 4 is 40.8 Å². The van der Waals surface area contributed by atoms with E-state index in [1.54, 1.807) is 25.3 Å². The molecule has 0 bridgehead atoms. The summed E-state index contributed by atoms with van der Waals surface area (Å²) in [4.78, 5) is 14.7. The van der Waals surface area contributed by atoms with Gasteiger partial charge in [-0.05, 0) is 29.8 Å². The Labute approximate surface area is 143 Å². The maximum absolute atomic E-state index is 6.03. The molecule has 122 valence electrons. The molecule has 1 aliphatic rings. The van der Waals surface area contributed by atoms with E-state index in [-0.39, 0.29) is 5.28 Å². The molecule has 2 heterocycles. The molecule has 1 aromatic carbocycles. The number of methoxy groups -OCH3 is 1. The first-order valence-electron chi connectivity index (χ1n) is 7.00. The van der Waals surface area contributed by atoms with E-state index >= 15 is 0 Å². The number of rotatable bonds is 4. The smallest absolute Gasteiger partial charge is 0.233 e. The van der Waals surface area contributed by atoms with Crippen molar-refractivity contribution in [2.45, 2.75) is 0 Å². The van der Waals surface area contributed by atoms with Gasteiger partial charge in [-0.1, -0.05) is 11.6 Å². The van der Waals surface area contributed by atoms with Crippen molar-refractivity contribution in [1.82, 2.24) is 15.0 Å². The van der Waals surface area contributed by atoms with Gasteiger partial charge in [0.1, 0.15) is 5.75 Å². The fraction of sp³-hybridized carbons (Fsp3) is 0.357. The molecule has 0 amide bonds. The summed E-state index contributed by atoms with van der Waals surface area (Å²) < 4.78 is 10.6. The third kappa shape index (κ3) is 3.93. The summed E-state index contributed by atoms with van der Waals surface area (Å²) in [6.07, 6.45) is 0. The molecule has 0 atom stereocenters. The lowest BCUT2D eigenvalue weighted by Gasteiger charge is -2.26. The maximum Gasteiger partial charge on any atom is 0.233 e. The average molecular weight is 356 g/mol. The number of benzene rings is 1. The quantitative estimate of drug-likeness (QED) is 0.903. The second-order valence-corrected chi connectivity index (χ2v) is 5.57. The molecule has 0 saturated carbocycles. The molecule has 0 spiro atoms. The zero-order valence-corrected chi connectivity index (χ0v) is 13.9. The molecule has 0 unspecified atom stereocenters. The number of nitrogens with zero attached hydrogens (tertiary/aromatic N) is 4. The van der Waals surface area contributed by atoms with Crippen LogP contribution in [0.15, 0.2) is 18.2 Å². The van der Waals surface area contributed by atoms with Crippen LogP contribution < -0.4 is 15.0 Å². The molecule has 0 radical (unpaired) electrons. The third-order valence-corrected chi connectivity index (χ3v) is 3.70. The number of aromatic nitrogens is 3. The molecule has 7 nitrogen and oxygen atoms in total. The van der Waals surface area contributed by atoms with E-state index < -0.39 is 0 Å². The highest BCUT2D eigenvalue weighted by atomic mass is 35.5. The zero-order chi connectivity index (χ0) is 16.2. The van der Waals surface area contributed by atoms with Gasteiger partial charge < -0.3 is 19.7 Å². The van der Waals surface area contributed by atoms with Gasteiger partial charge in [0, 0.05) is 18.1 Å². The highest BCUT2D eigenvalue weighted by Gasteiger charge is 2.16. The molecule has 1 saturated heterocycles. The lowest BCUT2D eigenvalue weighted by molar-refractivity contribution is 0.122. The van der Waals surface area contributed by atoms with Gasteiger partial charge in [-0.2, -0.15) is 15.0 Å². The Morgan fingerprint density at radius 2 is 1.96 bits per heavy atom. The summed E-state index contributed by atoms with van der Waals surface area (Å²) in [5.41, 5.74) is 0.648. The highest BCUT2D eigenvalue weighted by molar-refractivity contribution is 6.31. The van der Waals surface area contributed by atoms with E-state index in [2.05, 4.69) is 20.3 Å². The highest BCUT2D eigenvalue weighted by Crippen LogP contribution is 2.30. The first-order valence-corrected chi connectivity index (χ1v) is 7.76. The zero-order valence-electron chi connectivity index (χ0n) is 12.4. The van der Waals surface area contributed by atoms with Crippen LogP contribution in [-0.2, 0) is 4.74 Å². The number of halogens is 2. The van der Waals surface area contributed by atoms with Crippen LogP contribution in [0.4, 0.5) is 17.6 Å². The predicted octanol–water partition coefficient (Wildman–Crippen LogP) is 2.77. The van der Waals surface area contributed by atoms with Crippen molar-refractivity contribution in [2.24, 2.45) is 0 Å². The Bertz CT molecular complexity index is 695. The Morgan fingerprint density at radius 3 is 2.70 bits per heavy atom. The van der Waals surface area contributed by atoms with E-state index in [0.29, 0.717) is 54.7 Å². The summed E-state index contributed by atoms with van der Waals surface area (Å²) in [5, 5.41) is 3.76. The number of ether oxygens (including phenoxy) is 2. The van der Waals surface area contributed by atoms with Gasteiger partial charge in [0.05, 0.1) is 26.0 Å². The van der Waals surface area contributed by atoms with E-state index in [0.717, 1.165) is 0 Å². The summed E-state index contributed by atoms with van der Waals surface area (Å²) in [5.74, 6) is 1.46. The third-order valence-electron chi connectivity index (χ3n) is 3.30. The van der Waals surface area contributed by atoms with E-state index in [4.69, 9.17) is 32.7 Å². The van der Waals surface area contributed by atoms with Gasteiger partial charge in [-0.3, -0.25) is 0 Å². The molecule has 1 aliphatic heterocycles. The lowest BCUT2D eigenvalue weighted by Crippen LogP contribution is -2.37. The average Bonchev–Trinajstić information content (AvgIpc) is 2.55. The molecule has 2 aromatic rings. The van der Waals surface area contributed by atoms with Crippen molar-refractivity contribution in [3.05, 3.63) is 28.5 Å². The van der Waals surface area contributed by atoms with Crippen LogP contribution >= 0.6 is 23.2 Å². The first-order chi connectivity index (χ1) is 11.2. The first kappa shape index (κ1) is 16.0. The van der Waals surface area contributed by atoms with Gasteiger partial charge in [-0.15, -0.1) is 0 Å². The van der Waals surface area contributed by atoms with Gasteiger partial charge in [-0.25, -0.2) is 0 Å². The van der Waals surface area contributed by atoms with Crippen molar-refractivity contribution in [3.8, 4) is 5.75 Å². The molecule has 0 aliphatic carbocycles. The van der Waals surface area contributed by atoms with Gasteiger partial charge in [0.2, 0.25) is 17.2 Å². The van der Waals surface area contributed by atoms with Crippen LogP contribution in [0.3, 0.4) is 0 Å². The van der Waals surface area contributed by atoms with Crippen LogP contribution in [0.25, 0.3) is 0 Å². The topological polar surface area (TPSA) is 72.4 Å². The summed E-state index contributed by atoms with van der Waals surface area (Å²) in [7, 11) is 1.58. The molecule has 1 aromatic heterocycles. The predicted molar refractivity (Wildman–Crippen MR) is 89.2 cm³/mol. The Balaban J connectivity index is 1.88. The van der Waals surface area contributed by atoms with Crippen LogP contribution in [0.5, 0.6) is 5.75 Å². The molecule has 23 heavy (non-hydrogen) atoms. The minimum absolute atomic E-state index is 0.116. The Hall–Kier alpha value is -1.83. The van der Waals surface area contributed by atoms with E-state index in [1.807, 2.05) is 4.90 Å². The van der Waals surface area contributed by atoms with Crippen molar-refractivity contribution in [2.75, 3.05) is 43.6 Å². The van der Waals surface area contributed by atoms with Crippen molar-refractivity contribution < 1.29 is 9.47 Å². The summed E-state index contributed by atoms with van der Waals surface area (Å²) in [6, 6.07) is 5.23. The molecular weight excluding hydrogens is 341 g/mol. The summed E-state index contributed by atoms with van der Waals surface area (Å²) >= 11 is 12.1. The number of hydrogen-bond donors (Lipinski definition) is 1. The van der Waals surface area contributed by atoms with Gasteiger partial charge in [0.25, 0.3) is 0 Å². The maximum atomic E-state index is 6.03. The van der Waals surface area contributed by atoms with E-state index in [1.165, 1.54) is 0 Å². The standard InChI is InChI=1S/C14H15Cl2N5O2/c1-22-11-3-2-9(15)8-10(11)17-13-18-12(16)19-14(20-13)21-4-6-23-7-5-21/h2-3,8H,4-7H2,1H3,(H,17,18,19,20). The van der Waals surface area contributed by atoms with Crippen LogP contribution in [0, 0.1) is 0 Å². The minimum Gasteiger partial charge on any atom is -0.495 e. The molecule has 3 rings (SSSR count). The summed E-state index contributed by atoms with van der Waals surface area (Å²) in [6.45, 7) is 2.68. The number of anilines is 3. The second kappa shape index (κ2) is 7.16. The number of hydrogen-bond acceptors (Lipinski definition) is 7. The molecule has 1 N–H and O–H groups in total. The van der Waals surface area contributed by atoms with Crippen LogP contribution in [-0.4, -0.2) is 48.4 Å². The lowest BCUT2D eigenvalue weighted by atomic mass is 10.3. The number of nitrogens with one attached hydrogen (secondary N) is 1. The van der Waals surface area contributed by atoms with E-state index in [9.17, 15) is 0 Å². The van der Waals surface area contributed by atoms with Gasteiger partial charge >= 0.3 is 0 Å². The fourth-order valence-electron chi connectivity index (χ4n) is 2.20. The van der Waals surface area contributed by atoms with Gasteiger partial charge in [0.15, 0.2) is 0 Å². The largest absolute Gasteiger partial charge is 0.495 e.